The molecule has 0 aliphatic rings. The monoisotopic (exact) mass is 218 g/mol. The van der Waals surface area contributed by atoms with Crippen molar-refractivity contribution in [1.82, 2.24) is 9.97 Å². The van der Waals surface area contributed by atoms with Crippen molar-refractivity contribution >= 4 is 0 Å². The van der Waals surface area contributed by atoms with Crippen molar-refractivity contribution in [3.05, 3.63) is 48.0 Å². The van der Waals surface area contributed by atoms with Gasteiger partial charge in [-0.15, -0.1) is 0 Å². The molecule has 0 spiro atoms. The SMILES string of the molecule is COc1ccccc1[C@@](C)(O)c1ncc[nH]1. The van der Waals surface area contributed by atoms with Crippen molar-refractivity contribution in [2.45, 2.75) is 12.5 Å². The average Bonchev–Trinajstić information content (AvgIpc) is 2.83. The molecule has 0 amide bonds. The smallest absolute Gasteiger partial charge is 0.148 e. The number of benzene rings is 1. The van der Waals surface area contributed by atoms with Crippen molar-refractivity contribution in [2.24, 2.45) is 0 Å². The molecule has 2 rings (SSSR count). The quantitative estimate of drug-likeness (QED) is 0.824. The van der Waals surface area contributed by atoms with Gasteiger partial charge in [-0.1, -0.05) is 18.2 Å². The summed E-state index contributed by atoms with van der Waals surface area (Å²) >= 11 is 0. The normalized spacial score (nSPS) is 14.4. The highest BCUT2D eigenvalue weighted by molar-refractivity contribution is 5.40. The van der Waals surface area contributed by atoms with Gasteiger partial charge >= 0.3 is 0 Å². The summed E-state index contributed by atoms with van der Waals surface area (Å²) in [5, 5.41) is 10.5. The number of rotatable bonds is 3. The van der Waals surface area contributed by atoms with E-state index < -0.39 is 5.60 Å². The first kappa shape index (κ1) is 10.7. The summed E-state index contributed by atoms with van der Waals surface area (Å²) in [6, 6.07) is 7.35. The highest BCUT2D eigenvalue weighted by atomic mass is 16.5. The Labute approximate surface area is 93.9 Å². The Morgan fingerprint density at radius 2 is 2.12 bits per heavy atom. The zero-order valence-electron chi connectivity index (χ0n) is 9.27. The van der Waals surface area contributed by atoms with Crippen molar-refractivity contribution in [2.75, 3.05) is 7.11 Å². The highest BCUT2D eigenvalue weighted by Crippen LogP contribution is 2.33. The third-order valence-corrected chi connectivity index (χ3v) is 2.59. The fourth-order valence-corrected chi connectivity index (χ4v) is 1.71. The van der Waals surface area contributed by atoms with Gasteiger partial charge in [-0.2, -0.15) is 0 Å². The molecule has 2 N–H and O–H groups in total. The fraction of sp³-hybridized carbons (Fsp3) is 0.250. The van der Waals surface area contributed by atoms with E-state index in [1.807, 2.05) is 24.3 Å². The minimum absolute atomic E-state index is 0.497. The zero-order valence-corrected chi connectivity index (χ0v) is 9.27. The van der Waals surface area contributed by atoms with Gasteiger partial charge in [-0.25, -0.2) is 4.98 Å². The van der Waals surface area contributed by atoms with Gasteiger partial charge in [0.05, 0.1) is 7.11 Å². The number of aromatic nitrogens is 2. The summed E-state index contributed by atoms with van der Waals surface area (Å²) in [4.78, 5) is 6.99. The summed E-state index contributed by atoms with van der Waals surface area (Å²) in [5.74, 6) is 1.14. The molecule has 84 valence electrons. The molecule has 2 aromatic rings. The van der Waals surface area contributed by atoms with Crippen LogP contribution >= 0.6 is 0 Å². The van der Waals surface area contributed by atoms with Crippen LogP contribution in [0.1, 0.15) is 18.3 Å². The maximum Gasteiger partial charge on any atom is 0.148 e. The summed E-state index contributed by atoms with van der Waals surface area (Å²) in [7, 11) is 1.58. The van der Waals surface area contributed by atoms with E-state index in [9.17, 15) is 5.11 Å². The van der Waals surface area contributed by atoms with Crippen molar-refractivity contribution in [3.63, 3.8) is 0 Å². The largest absolute Gasteiger partial charge is 0.496 e. The van der Waals surface area contributed by atoms with Gasteiger partial charge in [0.15, 0.2) is 0 Å². The number of nitrogens with zero attached hydrogens (tertiary/aromatic N) is 1. The fourth-order valence-electron chi connectivity index (χ4n) is 1.71. The first-order chi connectivity index (χ1) is 7.66. The number of methoxy groups -OCH3 is 1. The molecule has 0 unspecified atom stereocenters. The first-order valence-corrected chi connectivity index (χ1v) is 5.02. The van der Waals surface area contributed by atoms with Crippen LogP contribution < -0.4 is 4.74 Å². The molecule has 0 fully saturated rings. The van der Waals surface area contributed by atoms with Gasteiger partial charge in [0.2, 0.25) is 0 Å². The van der Waals surface area contributed by atoms with Crippen LogP contribution in [0.3, 0.4) is 0 Å². The minimum Gasteiger partial charge on any atom is -0.496 e. The first-order valence-electron chi connectivity index (χ1n) is 5.02. The van der Waals surface area contributed by atoms with E-state index in [1.165, 1.54) is 0 Å². The molecule has 0 radical (unpaired) electrons. The van der Waals surface area contributed by atoms with Crippen LogP contribution in [0, 0.1) is 0 Å². The second-order valence-corrected chi connectivity index (χ2v) is 3.71. The summed E-state index contributed by atoms with van der Waals surface area (Å²) < 4.78 is 5.23. The Bertz CT molecular complexity index is 464. The number of aliphatic hydroxyl groups is 1. The van der Waals surface area contributed by atoms with E-state index in [0.717, 1.165) is 0 Å². The van der Waals surface area contributed by atoms with Gasteiger partial charge in [0.1, 0.15) is 17.2 Å². The molecule has 0 saturated heterocycles. The van der Waals surface area contributed by atoms with E-state index in [1.54, 1.807) is 26.4 Å². The standard InChI is InChI=1S/C12H14N2O2/c1-12(15,11-13-7-8-14-11)9-5-3-4-6-10(9)16-2/h3-8,15H,1-2H3,(H,13,14)/t12-/m1/s1. The molecule has 0 bridgehead atoms. The maximum atomic E-state index is 10.5. The highest BCUT2D eigenvalue weighted by Gasteiger charge is 2.31. The number of para-hydroxylation sites is 1. The van der Waals surface area contributed by atoms with Crippen molar-refractivity contribution < 1.29 is 9.84 Å². The van der Waals surface area contributed by atoms with Crippen LogP contribution in [-0.2, 0) is 5.60 Å². The summed E-state index contributed by atoms with van der Waals surface area (Å²) in [5.41, 5.74) is -0.497. The third-order valence-electron chi connectivity index (χ3n) is 2.59. The number of aromatic amines is 1. The minimum atomic E-state index is -1.18. The van der Waals surface area contributed by atoms with E-state index in [2.05, 4.69) is 9.97 Å². The lowest BCUT2D eigenvalue weighted by Crippen LogP contribution is -2.25. The zero-order chi connectivity index (χ0) is 11.6. The average molecular weight is 218 g/mol. The van der Waals surface area contributed by atoms with Gasteiger partial charge in [-0.3, -0.25) is 0 Å². The second kappa shape index (κ2) is 3.98. The maximum absolute atomic E-state index is 10.5. The van der Waals surface area contributed by atoms with E-state index >= 15 is 0 Å². The molecule has 0 aliphatic carbocycles. The molecule has 4 heteroatoms. The van der Waals surface area contributed by atoms with Crippen LogP contribution in [0.4, 0.5) is 0 Å². The topological polar surface area (TPSA) is 58.1 Å². The number of nitrogens with one attached hydrogen (secondary N) is 1. The lowest BCUT2D eigenvalue weighted by atomic mass is 9.94. The van der Waals surface area contributed by atoms with Crippen LogP contribution in [0.15, 0.2) is 36.7 Å². The van der Waals surface area contributed by atoms with Crippen LogP contribution in [0.2, 0.25) is 0 Å². The van der Waals surface area contributed by atoms with Crippen LogP contribution in [-0.4, -0.2) is 22.2 Å². The molecular formula is C12H14N2O2. The van der Waals surface area contributed by atoms with Crippen molar-refractivity contribution in [3.8, 4) is 5.75 Å². The van der Waals surface area contributed by atoms with Crippen LogP contribution in [0.5, 0.6) is 5.75 Å². The van der Waals surface area contributed by atoms with E-state index in [-0.39, 0.29) is 0 Å². The van der Waals surface area contributed by atoms with E-state index in [0.29, 0.717) is 17.1 Å². The van der Waals surface area contributed by atoms with Gasteiger partial charge < -0.3 is 14.8 Å². The lowest BCUT2D eigenvalue weighted by molar-refractivity contribution is 0.0900. The number of ether oxygens (including phenoxy) is 1. The number of imidazole rings is 1. The molecular weight excluding hydrogens is 204 g/mol. The molecule has 16 heavy (non-hydrogen) atoms. The number of hydrogen-bond donors (Lipinski definition) is 2. The van der Waals surface area contributed by atoms with Gasteiger partial charge in [0, 0.05) is 18.0 Å². The molecule has 0 aliphatic heterocycles. The molecule has 1 atom stereocenters. The lowest BCUT2D eigenvalue weighted by Gasteiger charge is -2.23. The van der Waals surface area contributed by atoms with Gasteiger partial charge in [-0.05, 0) is 13.0 Å². The Morgan fingerprint density at radius 3 is 2.75 bits per heavy atom. The molecule has 1 heterocycles. The van der Waals surface area contributed by atoms with Crippen molar-refractivity contribution in [1.29, 1.82) is 0 Å². The molecule has 1 aromatic heterocycles. The predicted molar refractivity (Wildman–Crippen MR) is 60.3 cm³/mol. The Morgan fingerprint density at radius 1 is 1.38 bits per heavy atom. The van der Waals surface area contributed by atoms with Crippen LogP contribution in [0.25, 0.3) is 0 Å². The Kier molecular flexibility index (Phi) is 2.66. The second-order valence-electron chi connectivity index (χ2n) is 3.71. The van der Waals surface area contributed by atoms with Gasteiger partial charge in [0.25, 0.3) is 0 Å². The predicted octanol–water partition coefficient (Wildman–Crippen LogP) is 1.67. The summed E-state index contributed by atoms with van der Waals surface area (Å²) in [6.07, 6.45) is 3.29. The number of H-pyrrole nitrogens is 1. The molecule has 0 saturated carbocycles. The Hall–Kier alpha value is -1.81. The molecule has 1 aromatic carbocycles. The number of hydrogen-bond acceptors (Lipinski definition) is 3. The molecule has 4 nitrogen and oxygen atoms in total. The third kappa shape index (κ3) is 1.67. The van der Waals surface area contributed by atoms with E-state index in [4.69, 9.17) is 4.74 Å². The summed E-state index contributed by atoms with van der Waals surface area (Å²) in [6.45, 7) is 1.68. The Balaban J connectivity index is 2.51.